The van der Waals surface area contributed by atoms with Crippen molar-refractivity contribution in [2.75, 3.05) is 0 Å². The molecule has 0 fully saturated rings. The molecule has 2 aromatic rings. The summed E-state index contributed by atoms with van der Waals surface area (Å²) in [6.07, 6.45) is 1.60. The van der Waals surface area contributed by atoms with E-state index in [-0.39, 0.29) is 0 Å². The topological polar surface area (TPSA) is 17.1 Å². The van der Waals surface area contributed by atoms with Crippen LogP contribution in [-0.4, -0.2) is 0 Å². The lowest BCUT2D eigenvalue weighted by molar-refractivity contribution is 0.591. The Morgan fingerprint density at radius 1 is 1.00 bits per heavy atom. The highest BCUT2D eigenvalue weighted by atomic mass is 79.9. The maximum absolute atomic E-state index is 13.7. The van der Waals surface area contributed by atoms with Crippen LogP contribution in [0.3, 0.4) is 0 Å². The Bertz CT molecular complexity index is 753. The predicted octanol–water partition coefficient (Wildman–Crippen LogP) is 5.21. The Morgan fingerprint density at radius 3 is 1.85 bits per heavy atom. The molecule has 1 heterocycles. The highest BCUT2D eigenvalue weighted by Gasteiger charge is 2.40. The van der Waals surface area contributed by atoms with Crippen molar-refractivity contribution >= 4 is 49.6 Å². The maximum Gasteiger partial charge on any atom is 0.171 e. The number of allylic oxidation sites excluding steroid dienone is 2. The molecule has 0 atom stereocenters. The summed E-state index contributed by atoms with van der Waals surface area (Å²) >= 11 is 6.92. The van der Waals surface area contributed by atoms with Gasteiger partial charge in [-0.05, 0) is 35.4 Å². The summed E-state index contributed by atoms with van der Waals surface area (Å²) in [7, 11) is -2.87. The molecule has 0 saturated heterocycles. The summed E-state index contributed by atoms with van der Waals surface area (Å²) in [5, 5.41) is 2.25. The van der Waals surface area contributed by atoms with Crippen LogP contribution in [0.4, 0.5) is 0 Å². The van der Waals surface area contributed by atoms with Gasteiger partial charge in [0, 0.05) is 24.9 Å². The van der Waals surface area contributed by atoms with Crippen LogP contribution in [0.25, 0.3) is 11.1 Å². The van der Waals surface area contributed by atoms with Gasteiger partial charge in [-0.2, -0.15) is 0 Å². The molecule has 0 unspecified atom stereocenters. The molecule has 100 valence electrons. The average molecular weight is 410 g/mol. The first-order valence-corrected chi connectivity index (χ1v) is 9.30. The molecule has 0 spiro atoms. The fraction of sp³-hybridized carbons (Fsp3) is 0. The molecule has 20 heavy (non-hydrogen) atoms. The van der Waals surface area contributed by atoms with E-state index >= 15 is 0 Å². The van der Waals surface area contributed by atoms with Gasteiger partial charge >= 0.3 is 0 Å². The SMILES string of the molecule is C=CC(=C)P1(=O)c2cc(Br)ccc2-c2ccc(Br)cc21. The normalized spacial score (nSPS) is 14.5. The summed E-state index contributed by atoms with van der Waals surface area (Å²) in [5.41, 5.74) is 2.03. The van der Waals surface area contributed by atoms with Crippen LogP contribution >= 0.6 is 39.0 Å². The number of hydrogen-bond donors (Lipinski definition) is 0. The third-order valence-electron chi connectivity index (χ3n) is 3.53. The van der Waals surface area contributed by atoms with E-state index in [1.807, 2.05) is 36.4 Å². The minimum atomic E-state index is -2.87. The van der Waals surface area contributed by atoms with Crippen molar-refractivity contribution in [3.63, 3.8) is 0 Å². The monoisotopic (exact) mass is 408 g/mol. The van der Waals surface area contributed by atoms with E-state index in [0.717, 1.165) is 30.7 Å². The molecule has 3 rings (SSSR count). The van der Waals surface area contributed by atoms with E-state index < -0.39 is 7.14 Å². The summed E-state index contributed by atoms with van der Waals surface area (Å²) < 4.78 is 15.5. The fourth-order valence-corrected chi connectivity index (χ4v) is 6.48. The molecule has 0 aliphatic carbocycles. The fourth-order valence-electron chi connectivity index (χ4n) is 2.55. The maximum atomic E-state index is 13.7. The standard InChI is InChI=1S/C16H11Br2OP/c1-3-10(2)20(19)15-8-11(17)4-6-13(15)14-7-5-12(18)9-16(14)20/h3-9H,1-2H2. The van der Waals surface area contributed by atoms with Gasteiger partial charge in [0.1, 0.15) is 0 Å². The van der Waals surface area contributed by atoms with Gasteiger partial charge in [-0.25, -0.2) is 0 Å². The second-order valence-electron chi connectivity index (χ2n) is 4.63. The van der Waals surface area contributed by atoms with Gasteiger partial charge in [0.25, 0.3) is 0 Å². The first kappa shape index (κ1) is 14.1. The highest BCUT2D eigenvalue weighted by molar-refractivity contribution is 9.10. The van der Waals surface area contributed by atoms with Crippen molar-refractivity contribution < 1.29 is 4.57 Å². The number of fused-ring (bicyclic) bond motifs is 3. The molecule has 1 aliphatic rings. The van der Waals surface area contributed by atoms with Gasteiger partial charge in [-0.15, -0.1) is 0 Å². The van der Waals surface area contributed by atoms with Gasteiger partial charge < -0.3 is 4.57 Å². The minimum Gasteiger partial charge on any atom is -0.309 e. The van der Waals surface area contributed by atoms with Gasteiger partial charge in [-0.3, -0.25) is 0 Å². The van der Waals surface area contributed by atoms with Crippen molar-refractivity contribution in [3.05, 3.63) is 69.9 Å². The lowest BCUT2D eigenvalue weighted by Crippen LogP contribution is -2.10. The number of halogens is 2. The zero-order chi connectivity index (χ0) is 14.5. The van der Waals surface area contributed by atoms with E-state index in [2.05, 4.69) is 45.0 Å². The average Bonchev–Trinajstić information content (AvgIpc) is 2.68. The summed E-state index contributed by atoms with van der Waals surface area (Å²) in [6, 6.07) is 11.8. The van der Waals surface area contributed by atoms with Crippen LogP contribution in [0.15, 0.2) is 69.9 Å². The molecule has 0 N–H and O–H groups in total. The van der Waals surface area contributed by atoms with Crippen molar-refractivity contribution in [1.82, 2.24) is 0 Å². The smallest absolute Gasteiger partial charge is 0.171 e. The lowest BCUT2D eigenvalue weighted by Gasteiger charge is -2.15. The van der Waals surface area contributed by atoms with Gasteiger partial charge in [0.15, 0.2) is 7.14 Å². The number of hydrogen-bond acceptors (Lipinski definition) is 1. The van der Waals surface area contributed by atoms with E-state index in [9.17, 15) is 4.57 Å². The summed E-state index contributed by atoms with van der Waals surface area (Å²) in [6.45, 7) is 7.72. The highest BCUT2D eigenvalue weighted by Crippen LogP contribution is 2.59. The molecule has 0 amide bonds. The zero-order valence-electron chi connectivity index (χ0n) is 10.6. The summed E-state index contributed by atoms with van der Waals surface area (Å²) in [5.74, 6) is 0. The second-order valence-corrected chi connectivity index (χ2v) is 9.22. The van der Waals surface area contributed by atoms with Crippen molar-refractivity contribution in [1.29, 1.82) is 0 Å². The van der Waals surface area contributed by atoms with Crippen molar-refractivity contribution in [2.24, 2.45) is 0 Å². The molecule has 0 radical (unpaired) electrons. The lowest BCUT2D eigenvalue weighted by atomic mass is 10.1. The van der Waals surface area contributed by atoms with Crippen LogP contribution in [0.1, 0.15) is 0 Å². The Labute approximate surface area is 135 Å². The van der Waals surface area contributed by atoms with Crippen molar-refractivity contribution in [2.45, 2.75) is 0 Å². The summed E-state index contributed by atoms with van der Waals surface area (Å²) in [4.78, 5) is 0. The first-order chi connectivity index (χ1) is 9.48. The van der Waals surface area contributed by atoms with Crippen LogP contribution < -0.4 is 10.6 Å². The van der Waals surface area contributed by atoms with Crippen LogP contribution in [0.5, 0.6) is 0 Å². The Kier molecular flexibility index (Phi) is 3.40. The van der Waals surface area contributed by atoms with Gasteiger partial charge in [0.2, 0.25) is 0 Å². The molecule has 0 saturated carbocycles. The molecule has 0 bridgehead atoms. The van der Waals surface area contributed by atoms with E-state index in [1.54, 1.807) is 6.08 Å². The number of rotatable bonds is 2. The third kappa shape index (κ3) is 1.84. The number of benzene rings is 2. The molecular formula is C16H11Br2OP. The molecular weight excluding hydrogens is 399 g/mol. The molecule has 4 heteroatoms. The quantitative estimate of drug-likeness (QED) is 0.491. The van der Waals surface area contributed by atoms with Crippen LogP contribution in [0.2, 0.25) is 0 Å². The minimum absolute atomic E-state index is 0.578. The van der Waals surface area contributed by atoms with E-state index in [0.29, 0.717) is 5.31 Å². The Balaban J connectivity index is 2.45. The molecule has 1 nitrogen and oxygen atoms in total. The van der Waals surface area contributed by atoms with Crippen LogP contribution in [0, 0.1) is 0 Å². The van der Waals surface area contributed by atoms with Crippen molar-refractivity contribution in [3.8, 4) is 11.1 Å². The van der Waals surface area contributed by atoms with E-state index in [4.69, 9.17) is 0 Å². The third-order valence-corrected chi connectivity index (χ3v) is 7.60. The van der Waals surface area contributed by atoms with Gasteiger partial charge in [-0.1, -0.05) is 63.2 Å². The van der Waals surface area contributed by atoms with Crippen LogP contribution in [-0.2, 0) is 4.57 Å². The Morgan fingerprint density at radius 2 is 1.45 bits per heavy atom. The first-order valence-electron chi connectivity index (χ1n) is 6.01. The molecule has 0 aromatic heterocycles. The largest absolute Gasteiger partial charge is 0.309 e. The molecule has 2 aromatic carbocycles. The Hall–Kier alpha value is -0.890. The van der Waals surface area contributed by atoms with Gasteiger partial charge in [0.05, 0.1) is 0 Å². The van der Waals surface area contributed by atoms with E-state index in [1.165, 1.54) is 0 Å². The second kappa shape index (κ2) is 4.84. The predicted molar refractivity (Wildman–Crippen MR) is 93.5 cm³/mol. The zero-order valence-corrected chi connectivity index (χ0v) is 14.6. The molecule has 1 aliphatic heterocycles.